The maximum atomic E-state index is 11.7. The normalized spacial score (nSPS) is 13.2. The van der Waals surface area contributed by atoms with E-state index in [9.17, 15) is 9.90 Å². The first-order chi connectivity index (χ1) is 14.0. The number of aromatic hydroxyl groups is 1. The molecule has 2 aromatic carbocycles. The number of phenolic OH excluding ortho intramolecular Hbond substituents is 1. The molecular weight excluding hydrogens is 356 g/mol. The highest BCUT2D eigenvalue weighted by atomic mass is 16.3. The van der Waals surface area contributed by atoms with Gasteiger partial charge < -0.3 is 5.11 Å². The Morgan fingerprint density at radius 3 is 2.28 bits per heavy atom. The number of ketones is 1. The Morgan fingerprint density at radius 1 is 0.931 bits per heavy atom. The van der Waals surface area contributed by atoms with Crippen molar-refractivity contribution in [3.05, 3.63) is 94.1 Å². The number of unbranched alkanes of at least 4 members (excludes halogenated alkanes) is 2. The Balaban J connectivity index is 2.12. The largest absolute Gasteiger partial charge is 0.507 e. The zero-order chi connectivity index (χ0) is 20.8. The lowest BCUT2D eigenvalue weighted by molar-refractivity contribution is -0.110. The number of allylic oxidation sites excluding steroid dienone is 6. The summed E-state index contributed by atoms with van der Waals surface area (Å²) in [5, 5.41) is 10.7. The first-order valence-electron chi connectivity index (χ1n) is 10.5. The van der Waals surface area contributed by atoms with E-state index >= 15 is 0 Å². The van der Waals surface area contributed by atoms with Crippen LogP contribution >= 0.6 is 0 Å². The van der Waals surface area contributed by atoms with Crippen molar-refractivity contribution in [1.82, 2.24) is 0 Å². The smallest absolute Gasteiger partial charge is 0.178 e. The standard InChI is InChI=1S/C27H30O2/c1-4-5-7-12-23-18-25(19(2)20(3)27(23)29)26(17-21-10-8-6-9-11-21)22-13-15-24(28)16-14-22/h6,8-11,13-16,18,29H,4-5,7,12,17H2,1-3H3. The molecule has 2 nitrogen and oxygen atoms in total. The second-order valence-corrected chi connectivity index (χ2v) is 7.80. The van der Waals surface area contributed by atoms with E-state index in [1.54, 1.807) is 12.2 Å². The van der Waals surface area contributed by atoms with Crippen LogP contribution < -0.4 is 0 Å². The van der Waals surface area contributed by atoms with Gasteiger partial charge in [0.15, 0.2) is 5.78 Å². The minimum absolute atomic E-state index is 0.0201. The number of benzene rings is 2. The molecule has 2 heteroatoms. The number of phenols is 1. The van der Waals surface area contributed by atoms with Gasteiger partial charge in [-0.2, -0.15) is 0 Å². The molecular formula is C27H30O2. The number of hydrogen-bond donors (Lipinski definition) is 1. The lowest BCUT2D eigenvalue weighted by atomic mass is 9.85. The van der Waals surface area contributed by atoms with Crippen molar-refractivity contribution in [3.8, 4) is 5.75 Å². The minimum atomic E-state index is 0.0201. The summed E-state index contributed by atoms with van der Waals surface area (Å²) in [5.41, 5.74) is 7.69. The third-order valence-corrected chi connectivity index (χ3v) is 5.75. The molecule has 2 aromatic rings. The number of hydrogen-bond acceptors (Lipinski definition) is 2. The molecule has 0 spiro atoms. The molecule has 29 heavy (non-hydrogen) atoms. The van der Waals surface area contributed by atoms with Crippen LogP contribution in [0.25, 0.3) is 5.57 Å². The van der Waals surface area contributed by atoms with Gasteiger partial charge in [0.1, 0.15) is 5.75 Å². The number of carbonyl (C=O) groups is 1. The van der Waals surface area contributed by atoms with Crippen LogP contribution in [0.3, 0.4) is 0 Å². The molecule has 0 aromatic heterocycles. The predicted octanol–water partition coefficient (Wildman–Crippen LogP) is 6.43. The van der Waals surface area contributed by atoms with E-state index in [-0.39, 0.29) is 5.78 Å². The highest BCUT2D eigenvalue weighted by Gasteiger charge is 2.17. The second kappa shape index (κ2) is 9.56. The third-order valence-electron chi connectivity index (χ3n) is 5.75. The summed E-state index contributed by atoms with van der Waals surface area (Å²) < 4.78 is 0. The summed E-state index contributed by atoms with van der Waals surface area (Å²) in [6.07, 6.45) is 12.1. The van der Waals surface area contributed by atoms with Crippen molar-refractivity contribution in [3.63, 3.8) is 0 Å². The average molecular weight is 387 g/mol. The molecule has 1 aliphatic rings. The van der Waals surface area contributed by atoms with Gasteiger partial charge in [0, 0.05) is 0 Å². The molecule has 1 aliphatic carbocycles. The van der Waals surface area contributed by atoms with Crippen LogP contribution in [0, 0.1) is 13.8 Å². The fraction of sp³-hybridized carbons (Fsp3) is 0.296. The number of rotatable bonds is 7. The van der Waals surface area contributed by atoms with Crippen LogP contribution in [0.1, 0.15) is 54.0 Å². The molecule has 0 unspecified atom stereocenters. The van der Waals surface area contributed by atoms with Crippen LogP contribution in [0.4, 0.5) is 0 Å². The van der Waals surface area contributed by atoms with Gasteiger partial charge >= 0.3 is 0 Å². The Labute approximate surface area is 174 Å². The summed E-state index contributed by atoms with van der Waals surface area (Å²) in [7, 11) is 0. The molecule has 0 atom stereocenters. The van der Waals surface area contributed by atoms with Crippen molar-refractivity contribution in [2.45, 2.75) is 52.9 Å². The molecule has 0 aliphatic heterocycles. The van der Waals surface area contributed by atoms with E-state index in [1.165, 1.54) is 11.1 Å². The molecule has 150 valence electrons. The first-order valence-corrected chi connectivity index (χ1v) is 10.5. The van der Waals surface area contributed by atoms with Crippen LogP contribution in [-0.2, 0) is 17.6 Å². The Hall–Kier alpha value is -2.87. The molecule has 0 radical (unpaired) electrons. The second-order valence-electron chi connectivity index (χ2n) is 7.80. The topological polar surface area (TPSA) is 37.3 Å². The molecule has 0 amide bonds. The van der Waals surface area contributed by atoms with E-state index in [2.05, 4.69) is 44.2 Å². The Kier molecular flexibility index (Phi) is 6.87. The highest BCUT2D eigenvalue weighted by Crippen LogP contribution is 2.36. The van der Waals surface area contributed by atoms with Crippen molar-refractivity contribution < 1.29 is 9.90 Å². The Bertz CT molecular complexity index is 957. The monoisotopic (exact) mass is 386 g/mol. The van der Waals surface area contributed by atoms with Gasteiger partial charge in [0.2, 0.25) is 0 Å². The van der Waals surface area contributed by atoms with Gasteiger partial charge in [-0.05, 0) is 90.3 Å². The van der Waals surface area contributed by atoms with Crippen LogP contribution in [0.5, 0.6) is 5.75 Å². The van der Waals surface area contributed by atoms with Gasteiger partial charge in [-0.15, -0.1) is 0 Å². The van der Waals surface area contributed by atoms with E-state index in [1.807, 2.05) is 25.1 Å². The lowest BCUT2D eigenvalue weighted by Crippen LogP contribution is -2.03. The van der Waals surface area contributed by atoms with Crippen LogP contribution in [0.2, 0.25) is 0 Å². The first kappa shape index (κ1) is 20.9. The van der Waals surface area contributed by atoms with E-state index in [4.69, 9.17) is 0 Å². The molecule has 1 N–H and O–H groups in total. The number of aryl methyl sites for hydroxylation is 1. The molecule has 3 rings (SSSR count). The summed E-state index contributed by atoms with van der Waals surface area (Å²) in [6, 6.07) is 12.6. The fourth-order valence-electron chi connectivity index (χ4n) is 3.85. The van der Waals surface area contributed by atoms with E-state index in [0.717, 1.165) is 59.9 Å². The molecule has 0 fully saturated rings. The zero-order valence-electron chi connectivity index (χ0n) is 17.7. The number of carbonyl (C=O) groups excluding carboxylic acids is 1. The quantitative estimate of drug-likeness (QED) is 0.557. The van der Waals surface area contributed by atoms with Crippen LogP contribution in [-0.4, -0.2) is 10.9 Å². The van der Waals surface area contributed by atoms with Crippen molar-refractivity contribution in [1.29, 1.82) is 0 Å². The zero-order valence-corrected chi connectivity index (χ0v) is 17.7. The summed E-state index contributed by atoms with van der Waals surface area (Å²) >= 11 is 0. The predicted molar refractivity (Wildman–Crippen MR) is 121 cm³/mol. The lowest BCUT2D eigenvalue weighted by Gasteiger charge is -2.20. The maximum Gasteiger partial charge on any atom is 0.178 e. The molecule has 0 bridgehead atoms. The van der Waals surface area contributed by atoms with Crippen molar-refractivity contribution >= 4 is 11.4 Å². The summed E-state index contributed by atoms with van der Waals surface area (Å²) in [4.78, 5) is 11.7. The SMILES string of the molecule is CCCCCc1cc(C(Cc2ccccc2)=C2C=CC(=O)C=C2)c(C)c(C)c1O. The van der Waals surface area contributed by atoms with E-state index in [0.29, 0.717) is 5.75 Å². The minimum Gasteiger partial charge on any atom is -0.507 e. The molecule has 0 saturated carbocycles. The third kappa shape index (κ3) is 4.95. The highest BCUT2D eigenvalue weighted by molar-refractivity contribution is 6.02. The summed E-state index contributed by atoms with van der Waals surface area (Å²) in [5.74, 6) is 0.447. The fourth-order valence-corrected chi connectivity index (χ4v) is 3.85. The van der Waals surface area contributed by atoms with Crippen LogP contribution in [0.15, 0.2) is 66.3 Å². The average Bonchev–Trinajstić information content (AvgIpc) is 2.74. The van der Waals surface area contributed by atoms with E-state index < -0.39 is 0 Å². The van der Waals surface area contributed by atoms with Gasteiger partial charge in [-0.25, -0.2) is 0 Å². The van der Waals surface area contributed by atoms with Gasteiger partial charge in [-0.1, -0.05) is 62.2 Å². The van der Waals surface area contributed by atoms with Gasteiger partial charge in [0.25, 0.3) is 0 Å². The van der Waals surface area contributed by atoms with Gasteiger partial charge in [0.05, 0.1) is 0 Å². The molecule has 0 saturated heterocycles. The summed E-state index contributed by atoms with van der Waals surface area (Å²) in [6.45, 7) is 6.27. The Morgan fingerprint density at radius 2 is 1.62 bits per heavy atom. The molecule has 0 heterocycles. The van der Waals surface area contributed by atoms with Crippen molar-refractivity contribution in [2.75, 3.05) is 0 Å². The maximum absolute atomic E-state index is 11.7. The van der Waals surface area contributed by atoms with Crippen molar-refractivity contribution in [2.24, 2.45) is 0 Å². The van der Waals surface area contributed by atoms with Gasteiger partial charge in [-0.3, -0.25) is 4.79 Å².